The zero-order chi connectivity index (χ0) is 12.5. The maximum atomic E-state index is 11.1. The van der Waals surface area contributed by atoms with Gasteiger partial charge in [0.1, 0.15) is 0 Å². The van der Waals surface area contributed by atoms with E-state index in [1.54, 1.807) is 11.3 Å². The Balaban J connectivity index is 1.93. The molecule has 1 saturated heterocycles. The summed E-state index contributed by atoms with van der Waals surface area (Å²) in [6.45, 7) is 1.81. The summed E-state index contributed by atoms with van der Waals surface area (Å²) in [6.07, 6.45) is 0.478. The zero-order valence-corrected chi connectivity index (χ0v) is 11.2. The van der Waals surface area contributed by atoms with Crippen LogP contribution in [0.2, 0.25) is 0 Å². The summed E-state index contributed by atoms with van der Waals surface area (Å²) in [5.74, 6) is 0. The third-order valence-corrected chi connectivity index (χ3v) is 4.28. The number of nitrogens with zero attached hydrogens (tertiary/aromatic N) is 1. The Morgan fingerprint density at radius 3 is 2.94 bits per heavy atom. The molecular formula is C10H16N2O3S2. The molecular weight excluding hydrogens is 260 g/mol. The van der Waals surface area contributed by atoms with E-state index in [1.165, 1.54) is 4.88 Å². The first-order chi connectivity index (χ1) is 7.94. The van der Waals surface area contributed by atoms with Crippen LogP contribution in [0.1, 0.15) is 4.88 Å². The fourth-order valence-corrected chi connectivity index (χ4v) is 3.54. The summed E-state index contributed by atoms with van der Waals surface area (Å²) in [6, 6.07) is 3.62. The van der Waals surface area contributed by atoms with Crippen LogP contribution in [0.25, 0.3) is 0 Å². The van der Waals surface area contributed by atoms with Crippen molar-refractivity contribution in [3.63, 3.8) is 0 Å². The Kier molecular flexibility index (Phi) is 3.84. The molecule has 2 N–H and O–H groups in total. The second-order valence-corrected chi connectivity index (χ2v) is 7.15. The topological polar surface area (TPSA) is 69.6 Å². The largest absolute Gasteiger partial charge is 0.390 e. The van der Waals surface area contributed by atoms with Gasteiger partial charge in [0.2, 0.25) is 10.0 Å². The highest BCUT2D eigenvalue weighted by molar-refractivity contribution is 7.88. The van der Waals surface area contributed by atoms with Gasteiger partial charge < -0.3 is 5.11 Å². The predicted molar refractivity (Wildman–Crippen MR) is 67.4 cm³/mol. The summed E-state index contributed by atoms with van der Waals surface area (Å²) >= 11 is 1.66. The number of thiophene rings is 1. The zero-order valence-electron chi connectivity index (χ0n) is 9.54. The molecule has 0 bridgehead atoms. The first-order valence-electron chi connectivity index (χ1n) is 5.34. The Morgan fingerprint density at radius 1 is 1.59 bits per heavy atom. The van der Waals surface area contributed by atoms with Crippen LogP contribution in [0.4, 0.5) is 0 Å². The maximum Gasteiger partial charge on any atom is 0.209 e. The maximum absolute atomic E-state index is 11.1. The van der Waals surface area contributed by atoms with Gasteiger partial charge in [-0.25, -0.2) is 13.1 Å². The number of hydrogen-bond donors (Lipinski definition) is 2. The van der Waals surface area contributed by atoms with Gasteiger partial charge in [-0.15, -0.1) is 11.3 Å². The quantitative estimate of drug-likeness (QED) is 0.802. The standard InChI is InChI=1S/C10H16N2O3S2/c1-17(14,15)11-9-6-12(7-10(9)13)5-8-3-2-4-16-8/h2-4,9-11,13H,5-7H2,1H3/t9-,10-/m1/s1. The van der Waals surface area contributed by atoms with E-state index in [4.69, 9.17) is 0 Å². The highest BCUT2D eigenvalue weighted by atomic mass is 32.2. The molecule has 0 unspecified atom stereocenters. The van der Waals surface area contributed by atoms with Crippen molar-refractivity contribution in [2.75, 3.05) is 19.3 Å². The van der Waals surface area contributed by atoms with Crippen LogP contribution in [0.5, 0.6) is 0 Å². The van der Waals surface area contributed by atoms with E-state index in [-0.39, 0.29) is 0 Å². The fraction of sp³-hybridized carbons (Fsp3) is 0.600. The smallest absolute Gasteiger partial charge is 0.209 e. The lowest BCUT2D eigenvalue weighted by Gasteiger charge is -2.14. The van der Waals surface area contributed by atoms with Crippen molar-refractivity contribution < 1.29 is 13.5 Å². The molecule has 0 spiro atoms. The number of aliphatic hydroxyl groups excluding tert-OH is 1. The first-order valence-corrected chi connectivity index (χ1v) is 8.11. The van der Waals surface area contributed by atoms with E-state index in [0.717, 1.165) is 12.8 Å². The highest BCUT2D eigenvalue weighted by Gasteiger charge is 2.32. The van der Waals surface area contributed by atoms with Crippen LogP contribution < -0.4 is 4.72 Å². The van der Waals surface area contributed by atoms with Crippen LogP contribution in [0.15, 0.2) is 17.5 Å². The molecule has 1 aliphatic rings. The molecule has 96 valence electrons. The van der Waals surface area contributed by atoms with Gasteiger partial charge in [0.05, 0.1) is 18.4 Å². The molecule has 1 aromatic rings. The highest BCUT2D eigenvalue weighted by Crippen LogP contribution is 2.17. The van der Waals surface area contributed by atoms with Crippen LogP contribution in [0, 0.1) is 0 Å². The molecule has 0 aromatic carbocycles. The van der Waals surface area contributed by atoms with Crippen LogP contribution >= 0.6 is 11.3 Å². The van der Waals surface area contributed by atoms with E-state index in [9.17, 15) is 13.5 Å². The third-order valence-electron chi connectivity index (χ3n) is 2.69. The van der Waals surface area contributed by atoms with Gasteiger partial charge in [0, 0.05) is 24.5 Å². The first kappa shape index (κ1) is 13.0. The van der Waals surface area contributed by atoms with Gasteiger partial charge in [0.25, 0.3) is 0 Å². The molecule has 17 heavy (non-hydrogen) atoms. The predicted octanol–water partition coefficient (Wildman–Crippen LogP) is -0.158. The lowest BCUT2D eigenvalue weighted by molar-refractivity contribution is 0.160. The van der Waals surface area contributed by atoms with Gasteiger partial charge in [0.15, 0.2) is 0 Å². The Bertz CT molecular complexity index is 458. The molecule has 2 atom stereocenters. The number of β-amino-alcohol motifs (C(OH)–C–C–N with tert-alkyl or cyclic N) is 1. The van der Waals surface area contributed by atoms with Crippen LogP contribution in [-0.2, 0) is 16.6 Å². The van der Waals surface area contributed by atoms with Gasteiger partial charge in [-0.1, -0.05) is 6.07 Å². The summed E-state index contributed by atoms with van der Waals surface area (Å²) in [7, 11) is -3.26. The van der Waals surface area contributed by atoms with Crippen molar-refractivity contribution >= 4 is 21.4 Å². The Hall–Kier alpha value is -0.470. The molecule has 0 saturated carbocycles. The number of rotatable bonds is 4. The van der Waals surface area contributed by atoms with Crippen molar-refractivity contribution in [1.29, 1.82) is 0 Å². The van der Waals surface area contributed by atoms with Gasteiger partial charge >= 0.3 is 0 Å². The van der Waals surface area contributed by atoms with Crippen molar-refractivity contribution in [2.24, 2.45) is 0 Å². The number of likely N-dealkylation sites (tertiary alicyclic amines) is 1. The fourth-order valence-electron chi connectivity index (χ4n) is 2.01. The SMILES string of the molecule is CS(=O)(=O)N[C@@H]1CN(Cc2cccs2)C[C@H]1O. The van der Waals surface area contributed by atoms with Crippen LogP contribution in [0.3, 0.4) is 0 Å². The van der Waals surface area contributed by atoms with E-state index in [0.29, 0.717) is 13.1 Å². The normalized spacial score (nSPS) is 26.5. The number of nitrogens with one attached hydrogen (secondary N) is 1. The van der Waals surface area contributed by atoms with Crippen molar-refractivity contribution in [3.8, 4) is 0 Å². The number of aliphatic hydroxyl groups is 1. The van der Waals surface area contributed by atoms with E-state index >= 15 is 0 Å². The van der Waals surface area contributed by atoms with Gasteiger partial charge in [-0.2, -0.15) is 0 Å². The minimum atomic E-state index is -3.26. The van der Waals surface area contributed by atoms with Crippen LogP contribution in [-0.4, -0.2) is 49.9 Å². The average Bonchev–Trinajstić information content (AvgIpc) is 2.76. The van der Waals surface area contributed by atoms with E-state index in [2.05, 4.69) is 9.62 Å². The van der Waals surface area contributed by atoms with Crippen molar-refractivity contribution in [1.82, 2.24) is 9.62 Å². The number of hydrogen-bond acceptors (Lipinski definition) is 5. The minimum absolute atomic E-state index is 0.398. The molecule has 2 rings (SSSR count). The molecule has 2 heterocycles. The summed E-state index contributed by atoms with van der Waals surface area (Å²) in [4.78, 5) is 3.27. The molecule has 0 amide bonds. The van der Waals surface area contributed by atoms with E-state index in [1.807, 2.05) is 17.5 Å². The van der Waals surface area contributed by atoms with Gasteiger partial charge in [-0.05, 0) is 11.4 Å². The second kappa shape index (κ2) is 5.03. The molecule has 0 aliphatic carbocycles. The summed E-state index contributed by atoms with van der Waals surface area (Å²) in [5.41, 5.74) is 0. The Morgan fingerprint density at radius 2 is 2.35 bits per heavy atom. The monoisotopic (exact) mass is 276 g/mol. The van der Waals surface area contributed by atoms with E-state index < -0.39 is 22.2 Å². The molecule has 1 aromatic heterocycles. The molecule has 5 nitrogen and oxygen atoms in total. The lowest BCUT2D eigenvalue weighted by Crippen LogP contribution is -2.42. The van der Waals surface area contributed by atoms with Crippen molar-refractivity contribution in [3.05, 3.63) is 22.4 Å². The minimum Gasteiger partial charge on any atom is -0.390 e. The molecule has 7 heteroatoms. The Labute approximate surface area is 105 Å². The van der Waals surface area contributed by atoms with Crippen molar-refractivity contribution in [2.45, 2.75) is 18.7 Å². The lowest BCUT2D eigenvalue weighted by atomic mass is 10.2. The molecule has 1 fully saturated rings. The number of sulfonamides is 1. The molecule has 1 aliphatic heterocycles. The summed E-state index contributed by atoms with van der Waals surface area (Å²) in [5, 5.41) is 11.8. The van der Waals surface area contributed by atoms with Gasteiger partial charge in [-0.3, -0.25) is 4.90 Å². The third kappa shape index (κ3) is 3.75. The summed E-state index contributed by atoms with van der Waals surface area (Å²) < 4.78 is 24.7. The second-order valence-electron chi connectivity index (χ2n) is 4.34. The molecule has 0 radical (unpaired) electrons. The average molecular weight is 276 g/mol.